The average Bonchev–Trinajstić information content (AvgIpc) is 2.91. The van der Waals surface area contributed by atoms with E-state index in [0.717, 1.165) is 59.9 Å². The van der Waals surface area contributed by atoms with Crippen molar-refractivity contribution < 1.29 is 4.74 Å². The lowest BCUT2D eigenvalue weighted by Gasteiger charge is -2.29. The Kier molecular flexibility index (Phi) is 7.80. The zero-order valence-corrected chi connectivity index (χ0v) is 21.9. The Morgan fingerprint density at radius 2 is 1.70 bits per heavy atom. The molecule has 1 fully saturated rings. The highest BCUT2D eigenvalue weighted by Crippen LogP contribution is 2.29. The van der Waals surface area contributed by atoms with Crippen LogP contribution in [0.25, 0.3) is 10.9 Å². The molecule has 37 heavy (non-hydrogen) atoms. The normalized spacial score (nSPS) is 17.5. The zero-order chi connectivity index (χ0) is 25.6. The molecule has 2 aromatic heterocycles. The van der Waals surface area contributed by atoms with Gasteiger partial charge in [0.25, 0.3) is 0 Å². The minimum absolute atomic E-state index is 0.403. The minimum Gasteiger partial charge on any atom is -0.439 e. The number of hydrogen-bond donors (Lipinski definition) is 2. The van der Waals surface area contributed by atoms with Crippen LogP contribution in [0.2, 0.25) is 0 Å². The van der Waals surface area contributed by atoms with Crippen molar-refractivity contribution in [2.45, 2.75) is 45.2 Å². The second-order valence-corrected chi connectivity index (χ2v) is 10.2. The number of aryl methyl sites for hydroxylation is 1. The number of para-hydroxylation sites is 1. The first-order chi connectivity index (χ1) is 18.0. The molecule has 2 aromatic carbocycles. The molecule has 0 radical (unpaired) electrons. The van der Waals surface area contributed by atoms with Crippen molar-refractivity contribution in [3.05, 3.63) is 78.0 Å². The van der Waals surface area contributed by atoms with Crippen LogP contribution >= 0.6 is 0 Å². The number of fused-ring (bicyclic) bond motifs is 1. The van der Waals surface area contributed by atoms with Gasteiger partial charge in [0.15, 0.2) is 0 Å². The SMILES string of the molecule is Cc1ccc(Oc2ncccc2CNCC2CCC(Nc3nc(N(C)C)c4ccccc4n3)CC2)cc1. The van der Waals surface area contributed by atoms with Gasteiger partial charge < -0.3 is 20.3 Å². The summed E-state index contributed by atoms with van der Waals surface area (Å²) in [6.45, 7) is 3.80. The van der Waals surface area contributed by atoms with Gasteiger partial charge in [-0.1, -0.05) is 35.9 Å². The molecule has 0 amide bonds. The highest BCUT2D eigenvalue weighted by atomic mass is 16.5. The van der Waals surface area contributed by atoms with Crippen LogP contribution in [-0.4, -0.2) is 41.6 Å². The van der Waals surface area contributed by atoms with Gasteiger partial charge in [-0.25, -0.2) is 9.97 Å². The number of nitrogens with one attached hydrogen (secondary N) is 2. The van der Waals surface area contributed by atoms with E-state index in [4.69, 9.17) is 14.7 Å². The van der Waals surface area contributed by atoms with Crippen LogP contribution in [0.4, 0.5) is 11.8 Å². The van der Waals surface area contributed by atoms with Gasteiger partial charge in [0.2, 0.25) is 11.8 Å². The van der Waals surface area contributed by atoms with E-state index in [2.05, 4.69) is 57.8 Å². The van der Waals surface area contributed by atoms with Crippen molar-refractivity contribution in [3.8, 4) is 11.6 Å². The predicted octanol–water partition coefficient (Wildman–Crippen LogP) is 5.95. The first kappa shape index (κ1) is 25.0. The van der Waals surface area contributed by atoms with Gasteiger partial charge in [-0.15, -0.1) is 0 Å². The zero-order valence-electron chi connectivity index (χ0n) is 21.9. The van der Waals surface area contributed by atoms with E-state index in [1.54, 1.807) is 6.20 Å². The summed E-state index contributed by atoms with van der Waals surface area (Å²) in [5, 5.41) is 8.33. The summed E-state index contributed by atoms with van der Waals surface area (Å²) in [4.78, 5) is 16.1. The number of nitrogens with zero attached hydrogens (tertiary/aromatic N) is 4. The molecule has 7 nitrogen and oxygen atoms in total. The van der Waals surface area contributed by atoms with Crippen molar-refractivity contribution in [1.82, 2.24) is 20.3 Å². The lowest BCUT2D eigenvalue weighted by molar-refractivity contribution is 0.323. The number of pyridine rings is 1. The molecule has 1 aliphatic carbocycles. The molecule has 0 bridgehead atoms. The fourth-order valence-electron chi connectivity index (χ4n) is 4.94. The number of aromatic nitrogens is 3. The van der Waals surface area contributed by atoms with Crippen LogP contribution < -0.4 is 20.3 Å². The van der Waals surface area contributed by atoms with Gasteiger partial charge in [-0.05, 0) is 75.4 Å². The van der Waals surface area contributed by atoms with Crippen LogP contribution in [-0.2, 0) is 6.54 Å². The third kappa shape index (κ3) is 6.35. The molecule has 0 spiro atoms. The van der Waals surface area contributed by atoms with Crippen LogP contribution in [0.5, 0.6) is 11.6 Å². The maximum Gasteiger partial charge on any atom is 0.225 e. The fourth-order valence-corrected chi connectivity index (χ4v) is 4.94. The van der Waals surface area contributed by atoms with E-state index in [1.165, 1.54) is 18.4 Å². The summed E-state index contributed by atoms with van der Waals surface area (Å²) in [6.07, 6.45) is 6.38. The molecule has 7 heteroatoms. The van der Waals surface area contributed by atoms with Crippen LogP contribution in [0, 0.1) is 12.8 Å². The topological polar surface area (TPSA) is 75.2 Å². The van der Waals surface area contributed by atoms with Crippen LogP contribution in [0.15, 0.2) is 66.9 Å². The predicted molar refractivity (Wildman–Crippen MR) is 150 cm³/mol. The average molecular weight is 497 g/mol. The van der Waals surface area contributed by atoms with Gasteiger partial charge in [0.1, 0.15) is 11.6 Å². The maximum absolute atomic E-state index is 6.05. The van der Waals surface area contributed by atoms with Crippen molar-refractivity contribution >= 4 is 22.7 Å². The second-order valence-electron chi connectivity index (χ2n) is 10.2. The van der Waals surface area contributed by atoms with E-state index in [9.17, 15) is 0 Å². The van der Waals surface area contributed by atoms with Gasteiger partial charge in [0, 0.05) is 43.8 Å². The van der Waals surface area contributed by atoms with Crippen molar-refractivity contribution in [3.63, 3.8) is 0 Å². The summed E-state index contributed by atoms with van der Waals surface area (Å²) < 4.78 is 6.05. The monoisotopic (exact) mass is 496 g/mol. The largest absolute Gasteiger partial charge is 0.439 e. The summed E-state index contributed by atoms with van der Waals surface area (Å²) >= 11 is 0. The Balaban J connectivity index is 1.12. The molecule has 0 saturated heterocycles. The summed E-state index contributed by atoms with van der Waals surface area (Å²) in [6, 6.07) is 20.7. The van der Waals surface area contributed by atoms with E-state index < -0.39 is 0 Å². The maximum atomic E-state index is 6.05. The van der Waals surface area contributed by atoms with E-state index in [0.29, 0.717) is 17.8 Å². The van der Waals surface area contributed by atoms with Gasteiger partial charge >= 0.3 is 0 Å². The van der Waals surface area contributed by atoms with Crippen LogP contribution in [0.3, 0.4) is 0 Å². The number of hydrogen-bond acceptors (Lipinski definition) is 7. The van der Waals surface area contributed by atoms with Gasteiger partial charge in [-0.2, -0.15) is 4.98 Å². The second kappa shape index (κ2) is 11.6. The standard InChI is InChI=1S/C30H36N6O/c1-21-10-16-25(17-11-21)37-29-23(7-6-18-32-29)20-31-19-22-12-14-24(15-13-22)33-30-34-27-9-5-4-8-26(27)28(35-30)36(2)3/h4-11,16-18,22,24,31H,12-15,19-20H2,1-3H3,(H,33,34,35). The highest BCUT2D eigenvalue weighted by molar-refractivity contribution is 5.90. The Bertz CT molecular complexity index is 1320. The van der Waals surface area contributed by atoms with E-state index in [1.807, 2.05) is 44.4 Å². The number of anilines is 2. The summed E-state index contributed by atoms with van der Waals surface area (Å²) in [5.74, 6) is 3.81. The third-order valence-electron chi connectivity index (χ3n) is 7.02. The van der Waals surface area contributed by atoms with Crippen molar-refractivity contribution in [2.75, 3.05) is 30.9 Å². The summed E-state index contributed by atoms with van der Waals surface area (Å²) in [5.41, 5.74) is 3.26. The smallest absolute Gasteiger partial charge is 0.225 e. The lowest BCUT2D eigenvalue weighted by Crippen LogP contribution is -2.31. The molecule has 2 N–H and O–H groups in total. The molecule has 5 rings (SSSR count). The minimum atomic E-state index is 0.403. The van der Waals surface area contributed by atoms with Crippen molar-refractivity contribution in [1.29, 1.82) is 0 Å². The number of ether oxygens (including phenoxy) is 1. The first-order valence-corrected chi connectivity index (χ1v) is 13.1. The van der Waals surface area contributed by atoms with E-state index >= 15 is 0 Å². The molecule has 0 unspecified atom stereocenters. The lowest BCUT2D eigenvalue weighted by atomic mass is 9.86. The molecule has 0 aliphatic heterocycles. The van der Waals surface area contributed by atoms with E-state index in [-0.39, 0.29) is 0 Å². The Morgan fingerprint density at radius 1 is 0.919 bits per heavy atom. The van der Waals surface area contributed by atoms with Crippen LogP contribution in [0.1, 0.15) is 36.8 Å². The number of benzene rings is 2. The molecule has 2 heterocycles. The molecule has 1 saturated carbocycles. The molecule has 1 aliphatic rings. The van der Waals surface area contributed by atoms with Crippen molar-refractivity contribution in [2.24, 2.45) is 5.92 Å². The highest BCUT2D eigenvalue weighted by Gasteiger charge is 2.22. The summed E-state index contributed by atoms with van der Waals surface area (Å²) in [7, 11) is 4.06. The Labute approximate surface area is 219 Å². The first-order valence-electron chi connectivity index (χ1n) is 13.1. The fraction of sp³-hybridized carbons (Fsp3) is 0.367. The molecule has 192 valence electrons. The van der Waals surface area contributed by atoms with Gasteiger partial charge in [0.05, 0.1) is 5.52 Å². The molecule has 0 atom stereocenters. The Hall–Kier alpha value is -3.71. The quantitative estimate of drug-likeness (QED) is 0.296. The molecular formula is C30H36N6O. The Morgan fingerprint density at radius 3 is 2.49 bits per heavy atom. The van der Waals surface area contributed by atoms with Gasteiger partial charge in [-0.3, -0.25) is 0 Å². The number of rotatable bonds is 9. The molecular weight excluding hydrogens is 460 g/mol. The molecule has 4 aromatic rings. The third-order valence-corrected chi connectivity index (χ3v) is 7.02.